The number of hydrogen-bond acceptors (Lipinski definition) is 4. The third-order valence-corrected chi connectivity index (χ3v) is 5.02. The molecule has 0 aliphatic carbocycles. The number of rotatable bonds is 3. The Hall–Kier alpha value is -3.03. The number of halogens is 1. The molecule has 0 spiro atoms. The number of aromatic nitrogens is 4. The molecule has 1 fully saturated rings. The fraction of sp³-hybridized carbons (Fsp3) is 0.368. The van der Waals surface area contributed by atoms with Crippen molar-refractivity contribution in [1.82, 2.24) is 24.8 Å². The lowest BCUT2D eigenvalue weighted by atomic mass is 10.1. The maximum atomic E-state index is 13.4. The van der Waals surface area contributed by atoms with Crippen LogP contribution in [0.4, 0.5) is 4.39 Å². The van der Waals surface area contributed by atoms with Gasteiger partial charge in [-0.2, -0.15) is 0 Å². The number of imidazole rings is 1. The molecule has 0 bridgehead atoms. The van der Waals surface area contributed by atoms with E-state index in [1.165, 1.54) is 12.1 Å². The van der Waals surface area contributed by atoms with Crippen LogP contribution in [0.15, 0.2) is 23.0 Å². The summed E-state index contributed by atoms with van der Waals surface area (Å²) in [6, 6.07) is 4.18. The van der Waals surface area contributed by atoms with Crippen LogP contribution in [-0.4, -0.2) is 37.3 Å². The van der Waals surface area contributed by atoms with Crippen molar-refractivity contribution < 1.29 is 9.18 Å². The van der Waals surface area contributed by atoms with Gasteiger partial charge in [-0.3, -0.25) is 9.59 Å². The second kappa shape index (κ2) is 6.61. The average molecular weight is 369 g/mol. The number of aromatic amines is 2. The molecule has 1 aliphatic rings. The van der Waals surface area contributed by atoms with Crippen molar-refractivity contribution in [3.05, 3.63) is 57.3 Å². The first kappa shape index (κ1) is 17.4. The first-order valence-corrected chi connectivity index (χ1v) is 8.93. The lowest BCUT2D eigenvalue weighted by Crippen LogP contribution is -2.34. The summed E-state index contributed by atoms with van der Waals surface area (Å²) in [7, 11) is 0. The fourth-order valence-electron chi connectivity index (χ4n) is 3.72. The van der Waals surface area contributed by atoms with Gasteiger partial charge in [0.15, 0.2) is 0 Å². The van der Waals surface area contributed by atoms with E-state index < -0.39 is 0 Å². The van der Waals surface area contributed by atoms with E-state index in [1.54, 1.807) is 24.8 Å². The zero-order valence-electron chi connectivity index (χ0n) is 15.2. The third-order valence-electron chi connectivity index (χ3n) is 5.02. The number of nitrogens with one attached hydrogen (secondary N) is 2. The van der Waals surface area contributed by atoms with Crippen LogP contribution in [0.2, 0.25) is 0 Å². The minimum atomic E-state index is -0.335. The van der Waals surface area contributed by atoms with Crippen molar-refractivity contribution in [1.29, 1.82) is 0 Å². The number of likely N-dealkylation sites (tertiary alicyclic amines) is 1. The molecule has 4 rings (SSSR count). The Balaban J connectivity index is 1.61. The maximum Gasteiger partial charge on any atom is 0.254 e. The predicted molar refractivity (Wildman–Crippen MR) is 97.8 cm³/mol. The van der Waals surface area contributed by atoms with Crippen molar-refractivity contribution in [2.24, 2.45) is 0 Å². The van der Waals surface area contributed by atoms with Crippen LogP contribution in [0.3, 0.4) is 0 Å². The van der Waals surface area contributed by atoms with Gasteiger partial charge in [-0.25, -0.2) is 14.4 Å². The highest BCUT2D eigenvalue weighted by Crippen LogP contribution is 2.32. The normalized spacial score (nSPS) is 17.0. The van der Waals surface area contributed by atoms with Gasteiger partial charge >= 0.3 is 0 Å². The molecule has 140 valence electrons. The summed E-state index contributed by atoms with van der Waals surface area (Å²) in [4.78, 5) is 41.4. The van der Waals surface area contributed by atoms with Crippen LogP contribution in [0.25, 0.3) is 11.0 Å². The molecular formula is C19H20FN5O2. The van der Waals surface area contributed by atoms with Crippen molar-refractivity contribution in [3.8, 4) is 0 Å². The van der Waals surface area contributed by atoms with Gasteiger partial charge in [0.2, 0.25) is 5.91 Å². The molecule has 8 heteroatoms. The highest BCUT2D eigenvalue weighted by molar-refractivity contribution is 5.80. The van der Waals surface area contributed by atoms with Crippen LogP contribution < -0.4 is 5.56 Å². The topological polar surface area (TPSA) is 94.7 Å². The van der Waals surface area contributed by atoms with E-state index in [1.807, 2.05) is 0 Å². The summed E-state index contributed by atoms with van der Waals surface area (Å²) in [6.07, 6.45) is 1.62. The van der Waals surface area contributed by atoms with E-state index in [-0.39, 0.29) is 29.7 Å². The SMILES string of the molecule is Cc1nc(C)c(CC(=O)N2CCCC2c2nc3ccc(F)cc3[nH]2)c(=O)[nH]1. The average Bonchev–Trinajstić information content (AvgIpc) is 3.23. The summed E-state index contributed by atoms with van der Waals surface area (Å²) in [6.45, 7) is 4.05. The van der Waals surface area contributed by atoms with Crippen molar-refractivity contribution in [2.45, 2.75) is 39.2 Å². The molecule has 2 aromatic heterocycles. The van der Waals surface area contributed by atoms with Crippen molar-refractivity contribution in [2.75, 3.05) is 6.54 Å². The Morgan fingerprint density at radius 3 is 2.89 bits per heavy atom. The van der Waals surface area contributed by atoms with Crippen LogP contribution >= 0.6 is 0 Å². The zero-order chi connectivity index (χ0) is 19.1. The summed E-state index contributed by atoms with van der Waals surface area (Å²) in [5, 5.41) is 0. The molecule has 1 unspecified atom stereocenters. The molecule has 3 aromatic rings. The first-order valence-electron chi connectivity index (χ1n) is 8.93. The summed E-state index contributed by atoms with van der Waals surface area (Å²) >= 11 is 0. The Morgan fingerprint density at radius 2 is 2.11 bits per heavy atom. The summed E-state index contributed by atoms with van der Waals surface area (Å²) in [5.41, 5.74) is 1.96. The Kier molecular flexibility index (Phi) is 4.25. The lowest BCUT2D eigenvalue weighted by molar-refractivity contribution is -0.131. The minimum absolute atomic E-state index is 0.000195. The van der Waals surface area contributed by atoms with Gasteiger partial charge in [0, 0.05) is 17.8 Å². The van der Waals surface area contributed by atoms with Gasteiger partial charge in [0.05, 0.1) is 23.5 Å². The van der Waals surface area contributed by atoms with E-state index in [4.69, 9.17) is 0 Å². The molecule has 0 radical (unpaired) electrons. The van der Waals surface area contributed by atoms with Gasteiger partial charge in [0.1, 0.15) is 17.5 Å². The van der Waals surface area contributed by atoms with Crippen LogP contribution in [0.1, 0.15) is 41.8 Å². The summed E-state index contributed by atoms with van der Waals surface area (Å²) in [5.74, 6) is 0.707. The van der Waals surface area contributed by atoms with Crippen LogP contribution in [0.5, 0.6) is 0 Å². The van der Waals surface area contributed by atoms with Crippen LogP contribution in [-0.2, 0) is 11.2 Å². The highest BCUT2D eigenvalue weighted by Gasteiger charge is 2.32. The molecule has 27 heavy (non-hydrogen) atoms. The quantitative estimate of drug-likeness (QED) is 0.741. The number of benzene rings is 1. The molecule has 1 aromatic carbocycles. The molecule has 2 N–H and O–H groups in total. The fourth-order valence-corrected chi connectivity index (χ4v) is 3.72. The third kappa shape index (κ3) is 3.22. The van der Waals surface area contributed by atoms with Gasteiger partial charge in [-0.05, 0) is 44.9 Å². The summed E-state index contributed by atoms with van der Waals surface area (Å²) < 4.78 is 13.4. The Morgan fingerprint density at radius 1 is 1.30 bits per heavy atom. The number of H-pyrrole nitrogens is 2. The van der Waals surface area contributed by atoms with Gasteiger partial charge in [-0.15, -0.1) is 0 Å². The standard InChI is InChI=1S/C19H20FN5O2/c1-10-13(19(27)22-11(2)21-10)9-17(26)25-7-3-4-16(25)18-23-14-6-5-12(20)8-15(14)24-18/h5-6,8,16H,3-4,7,9H2,1-2H3,(H,23,24)(H,21,22,27). The number of hydrogen-bond donors (Lipinski definition) is 2. The predicted octanol–water partition coefficient (Wildman–Crippen LogP) is 2.31. The lowest BCUT2D eigenvalue weighted by Gasteiger charge is -2.23. The minimum Gasteiger partial charge on any atom is -0.340 e. The number of nitrogens with zero attached hydrogens (tertiary/aromatic N) is 3. The van der Waals surface area contributed by atoms with Gasteiger partial charge in [0.25, 0.3) is 5.56 Å². The molecular weight excluding hydrogens is 349 g/mol. The number of amides is 1. The number of carbonyl (C=O) groups is 1. The molecule has 1 atom stereocenters. The van der Waals surface area contributed by atoms with Gasteiger partial charge in [-0.1, -0.05) is 0 Å². The zero-order valence-corrected chi connectivity index (χ0v) is 15.2. The molecule has 3 heterocycles. The maximum absolute atomic E-state index is 13.4. The second-order valence-electron chi connectivity index (χ2n) is 6.92. The second-order valence-corrected chi connectivity index (χ2v) is 6.92. The molecule has 1 aliphatic heterocycles. The Labute approximate surface area is 154 Å². The van der Waals surface area contributed by atoms with E-state index >= 15 is 0 Å². The number of carbonyl (C=O) groups excluding carboxylic acids is 1. The Bertz CT molecular complexity index is 1090. The molecule has 7 nitrogen and oxygen atoms in total. The van der Waals surface area contributed by atoms with Crippen molar-refractivity contribution in [3.63, 3.8) is 0 Å². The van der Waals surface area contributed by atoms with E-state index in [0.29, 0.717) is 40.5 Å². The van der Waals surface area contributed by atoms with Gasteiger partial charge < -0.3 is 14.9 Å². The highest BCUT2D eigenvalue weighted by atomic mass is 19.1. The van der Waals surface area contributed by atoms with E-state index in [2.05, 4.69) is 19.9 Å². The molecule has 1 saturated heterocycles. The monoisotopic (exact) mass is 369 g/mol. The van der Waals surface area contributed by atoms with E-state index in [0.717, 1.165) is 12.8 Å². The van der Waals surface area contributed by atoms with E-state index in [9.17, 15) is 14.0 Å². The largest absolute Gasteiger partial charge is 0.340 e. The van der Waals surface area contributed by atoms with Crippen LogP contribution in [0, 0.1) is 19.7 Å². The molecule has 1 amide bonds. The number of fused-ring (bicyclic) bond motifs is 1. The molecule has 0 saturated carbocycles. The number of aryl methyl sites for hydroxylation is 2. The van der Waals surface area contributed by atoms with Crippen molar-refractivity contribution >= 4 is 16.9 Å². The first-order chi connectivity index (χ1) is 12.9. The smallest absolute Gasteiger partial charge is 0.254 e.